The number of rotatable bonds is 4. The number of amides is 1. The van der Waals surface area contributed by atoms with Gasteiger partial charge in [0, 0.05) is 27.9 Å². The number of methoxy groups -OCH3 is 1. The smallest absolute Gasteiger partial charge is 0.408 e. The standard InChI is InChI=1S/C23H27ClN2O5S/c1-13-18(25-22(29)31-23(2,3)4)20(27)19-17(32-13)10-15(21(28)30-5)12-26(19)11-14-6-8-16(24)9-7-14/h6-10,12-13,18-19H,11H2,1-5H3,(H,25,29)/t13-,18+,19?/m1/s1. The van der Waals surface area contributed by atoms with E-state index in [0.29, 0.717) is 17.1 Å². The Morgan fingerprint density at radius 3 is 2.47 bits per heavy atom. The molecule has 0 spiro atoms. The van der Waals surface area contributed by atoms with E-state index in [-0.39, 0.29) is 11.0 Å². The van der Waals surface area contributed by atoms with Crippen molar-refractivity contribution in [3.05, 3.63) is 57.6 Å². The first-order chi connectivity index (χ1) is 15.0. The molecule has 1 N–H and O–H groups in total. The number of ketones is 1. The van der Waals surface area contributed by atoms with Crippen molar-refractivity contribution in [2.75, 3.05) is 7.11 Å². The molecule has 1 aromatic rings. The third-order valence-corrected chi connectivity index (χ3v) is 6.45. The Hall–Kier alpha value is -2.45. The first kappa shape index (κ1) is 24.2. The van der Waals surface area contributed by atoms with Gasteiger partial charge < -0.3 is 19.7 Å². The molecule has 2 aliphatic heterocycles. The normalized spacial score (nSPS) is 23.0. The van der Waals surface area contributed by atoms with E-state index in [4.69, 9.17) is 21.1 Å². The number of fused-ring (bicyclic) bond motifs is 1. The number of esters is 1. The van der Waals surface area contributed by atoms with Gasteiger partial charge in [0.05, 0.1) is 12.7 Å². The van der Waals surface area contributed by atoms with Crippen molar-refractivity contribution in [2.45, 2.75) is 57.2 Å². The zero-order chi connectivity index (χ0) is 23.6. The van der Waals surface area contributed by atoms with Crippen molar-refractivity contribution < 1.29 is 23.9 Å². The molecule has 1 saturated heterocycles. The number of halogens is 1. The van der Waals surface area contributed by atoms with Crippen LogP contribution >= 0.6 is 23.4 Å². The minimum atomic E-state index is -0.738. The highest BCUT2D eigenvalue weighted by Crippen LogP contribution is 2.40. The van der Waals surface area contributed by atoms with Gasteiger partial charge in [-0.05, 0) is 44.5 Å². The van der Waals surface area contributed by atoms with Gasteiger partial charge in [0.15, 0.2) is 5.78 Å². The van der Waals surface area contributed by atoms with Gasteiger partial charge in [-0.3, -0.25) is 4.79 Å². The van der Waals surface area contributed by atoms with Crippen molar-refractivity contribution in [2.24, 2.45) is 0 Å². The molecule has 3 atom stereocenters. The highest BCUT2D eigenvalue weighted by atomic mass is 35.5. The van der Waals surface area contributed by atoms with Crippen LogP contribution in [0.3, 0.4) is 0 Å². The lowest BCUT2D eigenvalue weighted by atomic mass is 9.96. The minimum absolute atomic E-state index is 0.164. The van der Waals surface area contributed by atoms with E-state index in [9.17, 15) is 14.4 Å². The van der Waals surface area contributed by atoms with Gasteiger partial charge in [0.2, 0.25) is 0 Å². The minimum Gasteiger partial charge on any atom is -0.465 e. The van der Waals surface area contributed by atoms with Gasteiger partial charge in [-0.2, -0.15) is 0 Å². The fraction of sp³-hybridized carbons (Fsp3) is 0.435. The summed E-state index contributed by atoms with van der Waals surface area (Å²) in [6, 6.07) is 5.90. The fourth-order valence-corrected chi connectivity index (χ4v) is 5.03. The zero-order valence-electron chi connectivity index (χ0n) is 18.7. The van der Waals surface area contributed by atoms with Crippen LogP contribution in [-0.2, 0) is 25.6 Å². The summed E-state index contributed by atoms with van der Waals surface area (Å²) in [5, 5.41) is 3.10. The summed E-state index contributed by atoms with van der Waals surface area (Å²) in [6.07, 6.45) is 2.69. The lowest BCUT2D eigenvalue weighted by Gasteiger charge is -2.42. The van der Waals surface area contributed by atoms with E-state index in [0.717, 1.165) is 10.5 Å². The van der Waals surface area contributed by atoms with Gasteiger partial charge in [-0.1, -0.05) is 30.7 Å². The number of nitrogens with one attached hydrogen (secondary N) is 1. The van der Waals surface area contributed by atoms with E-state index < -0.39 is 29.7 Å². The van der Waals surface area contributed by atoms with Crippen LogP contribution in [0.5, 0.6) is 0 Å². The molecule has 0 radical (unpaired) electrons. The monoisotopic (exact) mass is 478 g/mol. The van der Waals surface area contributed by atoms with Crippen molar-refractivity contribution in [1.82, 2.24) is 10.2 Å². The first-order valence-corrected chi connectivity index (χ1v) is 11.5. The Bertz CT molecular complexity index is 968. The van der Waals surface area contributed by atoms with Crippen LogP contribution in [0, 0.1) is 0 Å². The number of ether oxygens (including phenoxy) is 2. The maximum atomic E-state index is 13.5. The van der Waals surface area contributed by atoms with E-state index in [2.05, 4.69) is 5.32 Å². The molecule has 1 aromatic carbocycles. The molecule has 9 heteroatoms. The van der Waals surface area contributed by atoms with Crippen LogP contribution in [0.1, 0.15) is 33.3 Å². The van der Waals surface area contributed by atoms with Gasteiger partial charge in [-0.15, -0.1) is 11.8 Å². The second kappa shape index (κ2) is 9.58. The highest BCUT2D eigenvalue weighted by molar-refractivity contribution is 8.04. The SMILES string of the molecule is COC(=O)C1=CN(Cc2ccc(Cl)cc2)C2C(=O)[C@@H](NC(=O)OC(C)(C)C)[C@@H](C)SC2=C1. The predicted octanol–water partition coefficient (Wildman–Crippen LogP) is 4.06. The van der Waals surface area contributed by atoms with Crippen LogP contribution in [0.15, 0.2) is 47.0 Å². The summed E-state index contributed by atoms with van der Waals surface area (Å²) in [5.41, 5.74) is 0.607. The van der Waals surface area contributed by atoms with Gasteiger partial charge in [0.25, 0.3) is 0 Å². The summed E-state index contributed by atoms with van der Waals surface area (Å²) in [5.74, 6) is -0.644. The van der Waals surface area contributed by atoms with Crippen LogP contribution in [-0.4, -0.2) is 52.8 Å². The molecule has 1 unspecified atom stereocenters. The van der Waals surface area contributed by atoms with Gasteiger partial charge in [0.1, 0.15) is 17.7 Å². The molecule has 172 valence electrons. The summed E-state index contributed by atoms with van der Waals surface area (Å²) in [7, 11) is 1.32. The largest absolute Gasteiger partial charge is 0.465 e. The number of alkyl carbamates (subject to hydrolysis) is 1. The Kier molecular flexibility index (Phi) is 7.25. The molecule has 7 nitrogen and oxygen atoms in total. The lowest BCUT2D eigenvalue weighted by Crippen LogP contribution is -2.58. The number of carbonyl (C=O) groups excluding carboxylic acids is 3. The Labute approximate surface area is 197 Å². The third-order valence-electron chi connectivity index (χ3n) is 4.94. The maximum Gasteiger partial charge on any atom is 0.408 e. The first-order valence-electron chi connectivity index (χ1n) is 10.2. The molecule has 2 heterocycles. The summed E-state index contributed by atoms with van der Waals surface area (Å²) in [4.78, 5) is 40.7. The molecule has 2 aliphatic rings. The molecular formula is C23H27ClN2O5S. The second-order valence-electron chi connectivity index (χ2n) is 8.67. The number of carbonyl (C=O) groups is 3. The van der Waals surface area contributed by atoms with Crippen LogP contribution < -0.4 is 5.32 Å². The third kappa shape index (κ3) is 5.66. The van der Waals surface area contributed by atoms with Crippen LogP contribution in [0.2, 0.25) is 5.02 Å². The number of Topliss-reactive ketones (excluding diaryl/α,β-unsaturated/α-hetero) is 1. The van der Waals surface area contributed by atoms with E-state index in [1.165, 1.54) is 18.9 Å². The Morgan fingerprint density at radius 2 is 1.88 bits per heavy atom. The van der Waals surface area contributed by atoms with E-state index in [1.807, 2.05) is 19.1 Å². The molecule has 1 fully saturated rings. The molecule has 1 amide bonds. The topological polar surface area (TPSA) is 84.9 Å². The molecule has 0 aliphatic carbocycles. The van der Waals surface area contributed by atoms with Crippen LogP contribution in [0.25, 0.3) is 0 Å². The fourth-order valence-electron chi connectivity index (χ4n) is 3.56. The van der Waals surface area contributed by atoms with Crippen molar-refractivity contribution in [1.29, 1.82) is 0 Å². The molecule has 0 saturated carbocycles. The quantitative estimate of drug-likeness (QED) is 0.653. The highest BCUT2D eigenvalue weighted by Gasteiger charge is 2.45. The van der Waals surface area contributed by atoms with Crippen molar-refractivity contribution in [3.63, 3.8) is 0 Å². The molecule has 32 heavy (non-hydrogen) atoms. The Morgan fingerprint density at radius 1 is 1.22 bits per heavy atom. The molecule has 3 rings (SSSR count). The summed E-state index contributed by atoms with van der Waals surface area (Å²) in [6.45, 7) is 7.54. The number of hydrogen-bond acceptors (Lipinski definition) is 7. The number of thioether (sulfide) groups is 1. The van der Waals surface area contributed by atoms with Crippen LogP contribution in [0.4, 0.5) is 4.79 Å². The van der Waals surface area contributed by atoms with Crippen molar-refractivity contribution >= 4 is 41.2 Å². The van der Waals surface area contributed by atoms with Gasteiger partial charge >= 0.3 is 12.1 Å². The predicted molar refractivity (Wildman–Crippen MR) is 124 cm³/mol. The number of benzene rings is 1. The number of hydrogen-bond donors (Lipinski definition) is 1. The van der Waals surface area contributed by atoms with Crippen molar-refractivity contribution in [3.8, 4) is 0 Å². The average molecular weight is 479 g/mol. The molecular weight excluding hydrogens is 452 g/mol. The van der Waals surface area contributed by atoms with E-state index in [1.54, 1.807) is 50.1 Å². The lowest BCUT2D eigenvalue weighted by molar-refractivity contribution is -0.136. The Balaban J connectivity index is 1.90. The second-order valence-corrected chi connectivity index (χ2v) is 10.6. The van der Waals surface area contributed by atoms with Gasteiger partial charge in [-0.25, -0.2) is 9.59 Å². The zero-order valence-corrected chi connectivity index (χ0v) is 20.3. The number of nitrogens with zero attached hydrogens (tertiary/aromatic N) is 1. The maximum absolute atomic E-state index is 13.5. The van der Waals surface area contributed by atoms with E-state index >= 15 is 0 Å². The molecule has 0 bridgehead atoms. The summed E-state index contributed by atoms with van der Waals surface area (Å²) >= 11 is 7.44. The molecule has 0 aromatic heterocycles. The average Bonchev–Trinajstić information content (AvgIpc) is 2.70. The summed E-state index contributed by atoms with van der Waals surface area (Å²) < 4.78 is 10.2.